The van der Waals surface area contributed by atoms with Gasteiger partial charge in [-0.25, -0.2) is 4.79 Å². The average molecular weight is 547 g/mol. The zero-order valence-electron chi connectivity index (χ0n) is 23.0. The van der Waals surface area contributed by atoms with Crippen LogP contribution < -0.4 is 5.69 Å². The van der Waals surface area contributed by atoms with Crippen molar-refractivity contribution in [3.63, 3.8) is 0 Å². The Balaban J connectivity index is 1.57. The van der Waals surface area contributed by atoms with Crippen molar-refractivity contribution in [3.05, 3.63) is 101 Å². The lowest BCUT2D eigenvalue weighted by molar-refractivity contribution is 0.219. The molecule has 1 heterocycles. The van der Waals surface area contributed by atoms with Crippen molar-refractivity contribution >= 4 is 7.60 Å². The molecule has 0 saturated carbocycles. The van der Waals surface area contributed by atoms with E-state index in [-0.39, 0.29) is 5.69 Å². The van der Waals surface area contributed by atoms with Crippen LogP contribution in [0, 0.1) is 0 Å². The number of para-hydroxylation sites is 1. The standard InChI is InChI=1S/C32H39N2O4P/c1-3-37-39(36,38-4-2)26-18-7-5-6-17-25-33-30(27-19-11-8-12-20-27)31(28-21-13-9-14-22-28)34(32(33)35)29-23-15-10-16-24-29/h8-16,19-24H,3-7,17-18,25-26H2,1-2H3. The lowest BCUT2D eigenvalue weighted by Crippen LogP contribution is -2.24. The Morgan fingerprint density at radius 2 is 1.13 bits per heavy atom. The van der Waals surface area contributed by atoms with Crippen molar-refractivity contribution in [1.29, 1.82) is 0 Å². The van der Waals surface area contributed by atoms with Gasteiger partial charge < -0.3 is 9.05 Å². The van der Waals surface area contributed by atoms with Crippen LogP contribution in [0.5, 0.6) is 0 Å². The number of rotatable bonds is 15. The van der Waals surface area contributed by atoms with Gasteiger partial charge in [0.15, 0.2) is 0 Å². The predicted molar refractivity (Wildman–Crippen MR) is 160 cm³/mol. The van der Waals surface area contributed by atoms with E-state index in [0.717, 1.165) is 60.3 Å². The summed E-state index contributed by atoms with van der Waals surface area (Å²) in [6.07, 6.45) is 5.05. The fourth-order valence-corrected chi connectivity index (χ4v) is 6.72. The van der Waals surface area contributed by atoms with E-state index < -0.39 is 7.60 Å². The Morgan fingerprint density at radius 3 is 1.69 bits per heavy atom. The summed E-state index contributed by atoms with van der Waals surface area (Å²) in [5.74, 6) is 0. The van der Waals surface area contributed by atoms with Gasteiger partial charge >= 0.3 is 13.3 Å². The first kappa shape index (κ1) is 28.8. The van der Waals surface area contributed by atoms with Crippen molar-refractivity contribution in [2.45, 2.75) is 52.5 Å². The van der Waals surface area contributed by atoms with Gasteiger partial charge in [-0.1, -0.05) is 98.1 Å². The second-order valence-electron chi connectivity index (χ2n) is 9.47. The third-order valence-corrected chi connectivity index (χ3v) is 8.88. The van der Waals surface area contributed by atoms with Crippen molar-refractivity contribution < 1.29 is 13.6 Å². The zero-order valence-corrected chi connectivity index (χ0v) is 23.9. The molecule has 0 bridgehead atoms. The number of unbranched alkanes of at least 4 members (excludes halogenated alkanes) is 4. The Bertz CT molecular complexity index is 1390. The summed E-state index contributed by atoms with van der Waals surface area (Å²) < 4.78 is 27.3. The maximum Gasteiger partial charge on any atom is 0.333 e. The van der Waals surface area contributed by atoms with Crippen LogP contribution in [0.15, 0.2) is 95.8 Å². The number of imidazole rings is 1. The van der Waals surface area contributed by atoms with Gasteiger partial charge in [0.25, 0.3) is 0 Å². The summed E-state index contributed by atoms with van der Waals surface area (Å²) in [5, 5.41) is 0. The van der Waals surface area contributed by atoms with E-state index in [2.05, 4.69) is 24.3 Å². The summed E-state index contributed by atoms with van der Waals surface area (Å²) in [4.78, 5) is 14.0. The highest BCUT2D eigenvalue weighted by Crippen LogP contribution is 2.48. The molecule has 0 fully saturated rings. The van der Waals surface area contributed by atoms with E-state index in [1.807, 2.05) is 89.7 Å². The van der Waals surface area contributed by atoms with Gasteiger partial charge in [0.1, 0.15) is 0 Å². The fourth-order valence-electron chi connectivity index (χ4n) is 4.99. The van der Waals surface area contributed by atoms with Crippen LogP contribution in [0.1, 0.15) is 46.0 Å². The van der Waals surface area contributed by atoms with Crippen LogP contribution >= 0.6 is 7.60 Å². The third kappa shape index (κ3) is 7.27. The minimum atomic E-state index is -2.98. The van der Waals surface area contributed by atoms with E-state index in [9.17, 15) is 9.36 Å². The second-order valence-corrected chi connectivity index (χ2v) is 11.7. The van der Waals surface area contributed by atoms with Gasteiger partial charge in [-0.05, 0) is 38.8 Å². The molecule has 39 heavy (non-hydrogen) atoms. The van der Waals surface area contributed by atoms with Gasteiger partial charge in [-0.2, -0.15) is 0 Å². The quantitative estimate of drug-likeness (QED) is 0.111. The summed E-state index contributed by atoms with van der Waals surface area (Å²) in [6.45, 7) is 5.09. The molecular weight excluding hydrogens is 507 g/mol. The smallest absolute Gasteiger partial charge is 0.309 e. The first-order valence-corrected chi connectivity index (χ1v) is 15.7. The van der Waals surface area contributed by atoms with Crippen LogP contribution in [0.3, 0.4) is 0 Å². The molecule has 1 aromatic heterocycles. The van der Waals surface area contributed by atoms with Crippen LogP contribution in [0.25, 0.3) is 28.2 Å². The maximum absolute atomic E-state index is 14.0. The summed E-state index contributed by atoms with van der Waals surface area (Å²) in [6, 6.07) is 30.2. The van der Waals surface area contributed by atoms with Crippen molar-refractivity contribution in [2.24, 2.45) is 0 Å². The van der Waals surface area contributed by atoms with Gasteiger partial charge in [0.05, 0.1) is 36.5 Å². The molecule has 0 aliphatic rings. The van der Waals surface area contributed by atoms with Gasteiger partial charge in [0, 0.05) is 17.7 Å². The van der Waals surface area contributed by atoms with Crippen LogP contribution in [0.2, 0.25) is 0 Å². The van der Waals surface area contributed by atoms with E-state index in [1.54, 1.807) is 0 Å². The minimum absolute atomic E-state index is 0.0340. The predicted octanol–water partition coefficient (Wildman–Crippen LogP) is 8.19. The first-order chi connectivity index (χ1) is 19.1. The van der Waals surface area contributed by atoms with Crippen LogP contribution in [-0.4, -0.2) is 28.5 Å². The Labute approximate surface area is 231 Å². The van der Waals surface area contributed by atoms with E-state index in [4.69, 9.17) is 9.05 Å². The van der Waals surface area contributed by atoms with Crippen LogP contribution in [-0.2, 0) is 20.2 Å². The lowest BCUT2D eigenvalue weighted by Gasteiger charge is -2.16. The second kappa shape index (κ2) is 14.3. The zero-order chi connectivity index (χ0) is 27.5. The molecule has 0 radical (unpaired) electrons. The number of hydrogen-bond acceptors (Lipinski definition) is 4. The lowest BCUT2D eigenvalue weighted by atomic mass is 10.0. The van der Waals surface area contributed by atoms with Crippen LogP contribution in [0.4, 0.5) is 0 Å². The molecule has 206 valence electrons. The highest BCUT2D eigenvalue weighted by molar-refractivity contribution is 7.53. The highest BCUT2D eigenvalue weighted by atomic mass is 31.2. The summed E-state index contributed by atoms with van der Waals surface area (Å²) in [7, 11) is -2.98. The Morgan fingerprint density at radius 1 is 0.641 bits per heavy atom. The van der Waals surface area contributed by atoms with E-state index in [0.29, 0.717) is 25.9 Å². The molecule has 0 amide bonds. The van der Waals surface area contributed by atoms with Gasteiger partial charge in [-0.15, -0.1) is 0 Å². The minimum Gasteiger partial charge on any atom is -0.309 e. The summed E-state index contributed by atoms with van der Waals surface area (Å²) >= 11 is 0. The molecule has 3 aromatic carbocycles. The molecule has 0 saturated heterocycles. The molecule has 7 heteroatoms. The van der Waals surface area contributed by atoms with Gasteiger partial charge in [0.2, 0.25) is 0 Å². The molecule has 0 aliphatic heterocycles. The van der Waals surface area contributed by atoms with Crippen molar-refractivity contribution in [3.8, 4) is 28.2 Å². The SMILES string of the molecule is CCOP(=O)(CCCCCCCn1c(-c2ccccc2)c(-c2ccccc2)n(-c2ccccc2)c1=O)OCC. The highest BCUT2D eigenvalue weighted by Gasteiger charge is 2.24. The van der Waals surface area contributed by atoms with E-state index >= 15 is 0 Å². The maximum atomic E-state index is 14.0. The molecule has 4 rings (SSSR count). The van der Waals surface area contributed by atoms with Gasteiger partial charge in [-0.3, -0.25) is 13.7 Å². The molecule has 0 aliphatic carbocycles. The molecule has 0 atom stereocenters. The largest absolute Gasteiger partial charge is 0.333 e. The first-order valence-electron chi connectivity index (χ1n) is 14.0. The molecule has 0 N–H and O–H groups in total. The normalized spacial score (nSPS) is 11.6. The Kier molecular flexibility index (Phi) is 10.5. The third-order valence-electron chi connectivity index (χ3n) is 6.71. The molecule has 0 spiro atoms. The number of benzene rings is 3. The monoisotopic (exact) mass is 546 g/mol. The molecular formula is C32H39N2O4P. The number of nitrogens with zero attached hydrogens (tertiary/aromatic N) is 2. The Hall–Kier alpha value is -3.18. The number of aromatic nitrogens is 2. The fraction of sp³-hybridized carbons (Fsp3) is 0.344. The molecule has 0 unspecified atom stereocenters. The van der Waals surface area contributed by atoms with Crippen molar-refractivity contribution in [1.82, 2.24) is 9.13 Å². The van der Waals surface area contributed by atoms with Crippen molar-refractivity contribution in [2.75, 3.05) is 19.4 Å². The number of hydrogen-bond donors (Lipinski definition) is 0. The molecule has 6 nitrogen and oxygen atoms in total. The topological polar surface area (TPSA) is 62.5 Å². The molecule has 4 aromatic rings. The average Bonchev–Trinajstić information content (AvgIpc) is 3.26. The summed E-state index contributed by atoms with van der Waals surface area (Å²) in [5.41, 5.74) is 4.68. The van der Waals surface area contributed by atoms with E-state index in [1.165, 1.54) is 0 Å².